The molecule has 0 N–H and O–H groups in total. The molecule has 29 heavy (non-hydrogen) atoms. The summed E-state index contributed by atoms with van der Waals surface area (Å²) >= 11 is 0. The van der Waals surface area contributed by atoms with Crippen LogP contribution in [-0.4, -0.2) is 35.0 Å². The lowest BCUT2D eigenvalue weighted by atomic mass is 9.97. The monoisotopic (exact) mass is 395 g/mol. The molecule has 154 valence electrons. The summed E-state index contributed by atoms with van der Waals surface area (Å²) in [6.45, 7) is 6.21. The van der Waals surface area contributed by atoms with Crippen molar-refractivity contribution in [2.45, 2.75) is 64.8 Å². The highest BCUT2D eigenvalue weighted by Gasteiger charge is 2.33. The van der Waals surface area contributed by atoms with E-state index in [9.17, 15) is 9.59 Å². The molecule has 1 amide bonds. The van der Waals surface area contributed by atoms with E-state index in [1.54, 1.807) is 31.2 Å². The molecular weight excluding hydrogens is 366 g/mol. The van der Waals surface area contributed by atoms with Gasteiger partial charge in [-0.1, -0.05) is 30.3 Å². The summed E-state index contributed by atoms with van der Waals surface area (Å²) in [5.74, 6) is 0.0455. The van der Waals surface area contributed by atoms with E-state index in [1.165, 1.54) is 0 Å². The fourth-order valence-corrected chi connectivity index (χ4v) is 3.77. The van der Waals surface area contributed by atoms with Crippen LogP contribution in [-0.2, 0) is 16.1 Å². The first-order chi connectivity index (χ1) is 14.0. The molecule has 1 heterocycles. The fourth-order valence-electron chi connectivity index (χ4n) is 3.77. The van der Waals surface area contributed by atoms with Crippen LogP contribution in [0, 0.1) is 0 Å². The highest BCUT2D eigenvalue weighted by atomic mass is 16.5. The molecule has 0 radical (unpaired) electrons. The van der Waals surface area contributed by atoms with E-state index in [4.69, 9.17) is 9.47 Å². The van der Waals surface area contributed by atoms with E-state index in [1.807, 2.05) is 35.2 Å². The second kappa shape index (κ2) is 9.59. The van der Waals surface area contributed by atoms with E-state index in [0.717, 1.165) is 24.8 Å². The molecule has 1 aliphatic rings. The number of benzene rings is 2. The van der Waals surface area contributed by atoms with Gasteiger partial charge in [-0.05, 0) is 69.9 Å². The van der Waals surface area contributed by atoms with Crippen LogP contribution >= 0.6 is 0 Å². The van der Waals surface area contributed by atoms with Crippen molar-refractivity contribution < 1.29 is 19.1 Å². The van der Waals surface area contributed by atoms with Crippen molar-refractivity contribution in [3.8, 4) is 5.75 Å². The highest BCUT2D eigenvalue weighted by Crippen LogP contribution is 2.24. The summed E-state index contributed by atoms with van der Waals surface area (Å²) in [5, 5.41) is 0. The van der Waals surface area contributed by atoms with Crippen LogP contribution in [0.2, 0.25) is 0 Å². The quantitative estimate of drug-likeness (QED) is 0.671. The molecular formula is C24H29NO4. The van der Waals surface area contributed by atoms with Gasteiger partial charge in [-0.3, -0.25) is 4.79 Å². The van der Waals surface area contributed by atoms with E-state index < -0.39 is 12.1 Å². The number of likely N-dealkylation sites (tertiary alicyclic amines) is 1. The maximum Gasteiger partial charge on any atom is 0.338 e. The summed E-state index contributed by atoms with van der Waals surface area (Å²) in [6.07, 6.45) is 2.29. The molecule has 1 fully saturated rings. The molecule has 0 saturated carbocycles. The Balaban J connectivity index is 1.55. The van der Waals surface area contributed by atoms with Crippen molar-refractivity contribution in [3.05, 3.63) is 65.7 Å². The highest BCUT2D eigenvalue weighted by molar-refractivity contribution is 5.92. The SMILES string of the molecule is C[C@@H](OC(=O)c1ccc(OCc2ccccc2)cc1)C(=O)N1[C@@H](C)CCC[C@@H]1C. The third-order valence-electron chi connectivity index (χ3n) is 5.42. The van der Waals surface area contributed by atoms with E-state index in [0.29, 0.717) is 17.9 Å². The maximum atomic E-state index is 12.8. The number of nitrogens with zero attached hydrogens (tertiary/aromatic N) is 1. The Hall–Kier alpha value is -2.82. The second-order valence-electron chi connectivity index (χ2n) is 7.72. The Kier molecular flexibility index (Phi) is 6.91. The second-order valence-corrected chi connectivity index (χ2v) is 7.72. The Morgan fingerprint density at radius 1 is 1.00 bits per heavy atom. The lowest BCUT2D eigenvalue weighted by Crippen LogP contribution is -2.51. The van der Waals surface area contributed by atoms with Gasteiger partial charge in [0, 0.05) is 12.1 Å². The van der Waals surface area contributed by atoms with Crippen molar-refractivity contribution in [1.82, 2.24) is 4.90 Å². The first-order valence-electron chi connectivity index (χ1n) is 10.3. The van der Waals surface area contributed by atoms with Crippen LogP contribution in [0.3, 0.4) is 0 Å². The van der Waals surface area contributed by atoms with E-state index in [-0.39, 0.29) is 18.0 Å². The van der Waals surface area contributed by atoms with Crippen LogP contribution in [0.1, 0.15) is 56.0 Å². The molecule has 3 rings (SSSR count). The number of hydrogen-bond donors (Lipinski definition) is 0. The topological polar surface area (TPSA) is 55.8 Å². The smallest absolute Gasteiger partial charge is 0.338 e. The third kappa shape index (κ3) is 5.37. The van der Waals surface area contributed by atoms with Crippen LogP contribution < -0.4 is 4.74 Å². The maximum absolute atomic E-state index is 12.8. The lowest BCUT2D eigenvalue weighted by molar-refractivity contribution is -0.146. The predicted molar refractivity (Wildman–Crippen MR) is 112 cm³/mol. The Bertz CT molecular complexity index is 809. The van der Waals surface area contributed by atoms with Gasteiger partial charge in [0.2, 0.25) is 0 Å². The number of esters is 1. The predicted octanol–water partition coefficient (Wildman–Crippen LogP) is 4.60. The van der Waals surface area contributed by atoms with E-state index in [2.05, 4.69) is 13.8 Å². The zero-order valence-corrected chi connectivity index (χ0v) is 17.3. The van der Waals surface area contributed by atoms with Gasteiger partial charge in [0.05, 0.1) is 5.56 Å². The van der Waals surface area contributed by atoms with Gasteiger partial charge in [0.15, 0.2) is 6.10 Å². The largest absolute Gasteiger partial charge is 0.489 e. The van der Waals surface area contributed by atoms with Crippen molar-refractivity contribution in [1.29, 1.82) is 0 Å². The van der Waals surface area contributed by atoms with Gasteiger partial charge < -0.3 is 14.4 Å². The molecule has 5 nitrogen and oxygen atoms in total. The Labute approximate surface area is 172 Å². The molecule has 3 atom stereocenters. The minimum atomic E-state index is -0.806. The van der Waals surface area contributed by atoms with Crippen molar-refractivity contribution >= 4 is 11.9 Å². The number of carbonyl (C=O) groups excluding carboxylic acids is 2. The Morgan fingerprint density at radius 3 is 2.24 bits per heavy atom. The number of carbonyl (C=O) groups is 2. The van der Waals surface area contributed by atoms with Gasteiger partial charge in [0.25, 0.3) is 5.91 Å². The molecule has 0 spiro atoms. The van der Waals surface area contributed by atoms with Crippen molar-refractivity contribution in [3.63, 3.8) is 0 Å². The summed E-state index contributed by atoms with van der Waals surface area (Å²) in [5.41, 5.74) is 1.47. The van der Waals surface area contributed by atoms with Gasteiger partial charge in [-0.15, -0.1) is 0 Å². The molecule has 2 aromatic carbocycles. The van der Waals surface area contributed by atoms with Crippen molar-refractivity contribution in [2.75, 3.05) is 0 Å². The van der Waals surface area contributed by atoms with Gasteiger partial charge in [-0.25, -0.2) is 4.79 Å². The minimum Gasteiger partial charge on any atom is -0.489 e. The molecule has 5 heteroatoms. The number of rotatable bonds is 6. The average Bonchev–Trinajstić information content (AvgIpc) is 2.73. The summed E-state index contributed by atoms with van der Waals surface area (Å²) < 4.78 is 11.2. The van der Waals surface area contributed by atoms with Crippen LogP contribution in [0.25, 0.3) is 0 Å². The molecule has 2 aromatic rings. The average molecular weight is 395 g/mol. The van der Waals surface area contributed by atoms with Crippen LogP contribution in [0.5, 0.6) is 5.75 Å². The molecule has 0 aliphatic carbocycles. The standard InChI is InChI=1S/C24H29NO4/c1-17-8-7-9-18(2)25(17)23(26)19(3)29-24(27)21-12-14-22(15-13-21)28-16-20-10-5-4-6-11-20/h4-6,10-15,17-19H,7-9,16H2,1-3H3/t17-,18-,19+/m0/s1. The third-order valence-corrected chi connectivity index (χ3v) is 5.42. The number of piperidine rings is 1. The van der Waals surface area contributed by atoms with Gasteiger partial charge in [0.1, 0.15) is 12.4 Å². The fraction of sp³-hybridized carbons (Fsp3) is 0.417. The number of amides is 1. The van der Waals surface area contributed by atoms with Crippen molar-refractivity contribution in [2.24, 2.45) is 0 Å². The normalized spacial score (nSPS) is 20.0. The summed E-state index contributed by atoms with van der Waals surface area (Å²) in [4.78, 5) is 27.1. The summed E-state index contributed by atoms with van der Waals surface area (Å²) in [7, 11) is 0. The molecule has 0 aromatic heterocycles. The molecule has 1 aliphatic heterocycles. The minimum absolute atomic E-state index is 0.124. The Morgan fingerprint density at radius 2 is 1.62 bits per heavy atom. The van der Waals surface area contributed by atoms with Crippen LogP contribution in [0.4, 0.5) is 0 Å². The lowest BCUT2D eigenvalue weighted by Gasteiger charge is -2.40. The molecule has 0 bridgehead atoms. The first-order valence-corrected chi connectivity index (χ1v) is 10.3. The zero-order chi connectivity index (χ0) is 20.8. The van der Waals surface area contributed by atoms with E-state index >= 15 is 0 Å². The van der Waals surface area contributed by atoms with Gasteiger partial charge >= 0.3 is 5.97 Å². The zero-order valence-electron chi connectivity index (χ0n) is 17.3. The number of hydrogen-bond acceptors (Lipinski definition) is 4. The molecule has 1 saturated heterocycles. The summed E-state index contributed by atoms with van der Waals surface area (Å²) in [6, 6.07) is 17.0. The first kappa shape index (κ1) is 20.9. The number of ether oxygens (including phenoxy) is 2. The van der Waals surface area contributed by atoms with Crippen LogP contribution in [0.15, 0.2) is 54.6 Å². The van der Waals surface area contributed by atoms with Gasteiger partial charge in [-0.2, -0.15) is 0 Å². The molecule has 0 unspecified atom stereocenters.